The number of hydrogen-bond acceptors (Lipinski definition) is 5. The first-order chi connectivity index (χ1) is 11.9. The van der Waals surface area contributed by atoms with Gasteiger partial charge in [-0.05, 0) is 58.5 Å². The predicted molar refractivity (Wildman–Crippen MR) is 101 cm³/mol. The summed E-state index contributed by atoms with van der Waals surface area (Å²) in [5, 5.41) is 0. The molecule has 25 heavy (non-hydrogen) atoms. The number of esters is 1. The Morgan fingerprint density at radius 3 is 2.44 bits per heavy atom. The summed E-state index contributed by atoms with van der Waals surface area (Å²) in [5.41, 5.74) is 1.11. The Morgan fingerprint density at radius 1 is 1.16 bits per heavy atom. The van der Waals surface area contributed by atoms with Crippen LogP contribution in [-0.4, -0.2) is 34.6 Å². The summed E-state index contributed by atoms with van der Waals surface area (Å²) >= 11 is 2.10. The van der Waals surface area contributed by atoms with E-state index < -0.39 is 22.0 Å². The van der Waals surface area contributed by atoms with Gasteiger partial charge in [-0.3, -0.25) is 0 Å². The molecule has 3 rings (SSSR count). The van der Waals surface area contributed by atoms with Crippen molar-refractivity contribution in [2.45, 2.75) is 17.4 Å². The molecular formula is C17H16INO5S. The molecule has 132 valence electrons. The van der Waals surface area contributed by atoms with Crippen LogP contribution in [0.15, 0.2) is 47.4 Å². The predicted octanol–water partition coefficient (Wildman–Crippen LogP) is 2.59. The van der Waals surface area contributed by atoms with Crippen molar-refractivity contribution in [3.8, 4) is 5.75 Å². The molecule has 0 amide bonds. The van der Waals surface area contributed by atoms with E-state index in [0.29, 0.717) is 11.4 Å². The van der Waals surface area contributed by atoms with Gasteiger partial charge < -0.3 is 9.47 Å². The lowest BCUT2D eigenvalue weighted by Crippen LogP contribution is -2.43. The smallest absolute Gasteiger partial charge is 0.330 e. The van der Waals surface area contributed by atoms with Gasteiger partial charge >= 0.3 is 5.97 Å². The third-order valence-corrected chi connectivity index (χ3v) is 6.60. The van der Waals surface area contributed by atoms with Gasteiger partial charge in [0.15, 0.2) is 0 Å². The van der Waals surface area contributed by atoms with Crippen LogP contribution in [-0.2, 0) is 26.0 Å². The van der Waals surface area contributed by atoms with Crippen molar-refractivity contribution in [3.05, 3.63) is 51.6 Å². The van der Waals surface area contributed by atoms with Gasteiger partial charge in [0.2, 0.25) is 0 Å². The Bertz CT molecular complexity index is 911. The average Bonchev–Trinajstić information content (AvgIpc) is 3.01. The minimum atomic E-state index is -3.96. The lowest BCUT2D eigenvalue weighted by molar-refractivity contribution is -0.141. The molecule has 0 bridgehead atoms. The highest BCUT2D eigenvalue weighted by Crippen LogP contribution is 2.43. The molecule has 0 aromatic heterocycles. The molecule has 6 nitrogen and oxygen atoms in total. The van der Waals surface area contributed by atoms with Gasteiger partial charge in [0, 0.05) is 9.99 Å². The van der Waals surface area contributed by atoms with Gasteiger partial charge in [-0.25, -0.2) is 17.5 Å². The second kappa shape index (κ2) is 6.83. The number of sulfonamides is 1. The maximum absolute atomic E-state index is 13.3. The van der Waals surface area contributed by atoms with E-state index in [1.165, 1.54) is 26.4 Å². The van der Waals surface area contributed by atoms with Gasteiger partial charge in [0.05, 0.1) is 24.8 Å². The maximum Gasteiger partial charge on any atom is 0.330 e. The fourth-order valence-corrected chi connectivity index (χ4v) is 4.93. The number of rotatable bonds is 4. The third kappa shape index (κ3) is 3.08. The van der Waals surface area contributed by atoms with Crippen molar-refractivity contribution < 1.29 is 22.7 Å². The molecule has 8 heteroatoms. The van der Waals surface area contributed by atoms with E-state index in [4.69, 9.17) is 9.47 Å². The van der Waals surface area contributed by atoms with Gasteiger partial charge in [0.25, 0.3) is 10.0 Å². The second-order valence-corrected chi connectivity index (χ2v) is 8.53. The number of nitrogens with zero attached hydrogens (tertiary/aromatic N) is 1. The van der Waals surface area contributed by atoms with Crippen molar-refractivity contribution in [2.75, 3.05) is 18.5 Å². The largest absolute Gasteiger partial charge is 0.495 e. The van der Waals surface area contributed by atoms with Gasteiger partial charge in [0.1, 0.15) is 11.8 Å². The van der Waals surface area contributed by atoms with E-state index >= 15 is 0 Å². The Labute approximate surface area is 159 Å². The van der Waals surface area contributed by atoms with Crippen LogP contribution in [0.25, 0.3) is 0 Å². The summed E-state index contributed by atoms with van der Waals surface area (Å²) in [6.45, 7) is 0. The zero-order chi connectivity index (χ0) is 18.2. The maximum atomic E-state index is 13.3. The molecule has 0 radical (unpaired) electrons. The van der Waals surface area contributed by atoms with E-state index in [1.54, 1.807) is 30.3 Å². The number of halogens is 1. The van der Waals surface area contributed by atoms with Crippen LogP contribution in [0.5, 0.6) is 5.75 Å². The van der Waals surface area contributed by atoms with Crippen molar-refractivity contribution in [2.24, 2.45) is 0 Å². The number of carbonyl (C=O) groups excluding carboxylic acids is 1. The third-order valence-electron chi connectivity index (χ3n) is 4.06. The Morgan fingerprint density at radius 2 is 1.84 bits per heavy atom. The second-order valence-electron chi connectivity index (χ2n) is 5.47. The number of ether oxygens (including phenoxy) is 2. The summed E-state index contributed by atoms with van der Waals surface area (Å²) in [4.78, 5) is 12.4. The minimum absolute atomic E-state index is 0.112. The van der Waals surface area contributed by atoms with Crippen molar-refractivity contribution in [1.29, 1.82) is 0 Å². The molecule has 0 spiro atoms. The normalized spacial score (nSPS) is 16.4. The summed E-state index contributed by atoms with van der Waals surface area (Å²) in [6.07, 6.45) is 0.239. The molecule has 0 aliphatic carbocycles. The fraction of sp³-hybridized carbons (Fsp3) is 0.235. The molecule has 0 saturated carbocycles. The highest BCUT2D eigenvalue weighted by atomic mass is 127. The average molecular weight is 473 g/mol. The number of carbonyl (C=O) groups is 1. The van der Waals surface area contributed by atoms with Crippen LogP contribution >= 0.6 is 22.6 Å². The van der Waals surface area contributed by atoms with Crippen LogP contribution in [0.1, 0.15) is 5.56 Å². The first-order valence-corrected chi connectivity index (χ1v) is 9.95. The highest BCUT2D eigenvalue weighted by Gasteiger charge is 2.44. The summed E-state index contributed by atoms with van der Waals surface area (Å²) in [5.74, 6) is -0.203. The van der Waals surface area contributed by atoms with Gasteiger partial charge in [-0.2, -0.15) is 0 Å². The van der Waals surface area contributed by atoms with E-state index in [9.17, 15) is 13.2 Å². The summed E-state index contributed by atoms with van der Waals surface area (Å²) in [6, 6.07) is 10.7. The van der Waals surface area contributed by atoms with Crippen LogP contribution in [0.2, 0.25) is 0 Å². The molecule has 2 aromatic carbocycles. The van der Waals surface area contributed by atoms with E-state index in [0.717, 1.165) is 13.4 Å². The number of anilines is 1. The van der Waals surface area contributed by atoms with Crippen LogP contribution in [0.4, 0.5) is 5.69 Å². The standard InChI is InChI=1S/C17H16INO5S/c1-23-15-5-3-4-11-10-14(17(20)24-2)19(16(11)15)25(21,22)13-8-6-12(18)7-9-13/h3-9,14H,10H2,1-2H3. The molecule has 0 N–H and O–H groups in total. The van der Waals surface area contributed by atoms with E-state index in [-0.39, 0.29) is 11.3 Å². The fourth-order valence-electron chi connectivity index (χ4n) is 2.92. The molecule has 1 heterocycles. The number of para-hydroxylation sites is 1. The zero-order valence-electron chi connectivity index (χ0n) is 13.6. The molecule has 1 aliphatic heterocycles. The van der Waals surface area contributed by atoms with Crippen molar-refractivity contribution in [3.63, 3.8) is 0 Å². The minimum Gasteiger partial charge on any atom is -0.495 e. The lowest BCUT2D eigenvalue weighted by Gasteiger charge is -2.26. The molecule has 0 fully saturated rings. The quantitative estimate of drug-likeness (QED) is 0.505. The lowest BCUT2D eigenvalue weighted by atomic mass is 10.1. The van der Waals surface area contributed by atoms with Crippen LogP contribution in [0, 0.1) is 3.57 Å². The van der Waals surface area contributed by atoms with Gasteiger partial charge in [-0.15, -0.1) is 0 Å². The number of fused-ring (bicyclic) bond motifs is 1. The SMILES string of the molecule is COC(=O)C1Cc2cccc(OC)c2N1S(=O)(=O)c1ccc(I)cc1. The topological polar surface area (TPSA) is 72.9 Å². The highest BCUT2D eigenvalue weighted by molar-refractivity contribution is 14.1. The van der Waals surface area contributed by atoms with Crippen molar-refractivity contribution >= 4 is 44.3 Å². The summed E-state index contributed by atoms with van der Waals surface area (Å²) < 4.78 is 38.7. The summed E-state index contributed by atoms with van der Waals surface area (Å²) in [7, 11) is -1.24. The van der Waals surface area contributed by atoms with Crippen LogP contribution in [0.3, 0.4) is 0 Å². The number of benzene rings is 2. The van der Waals surface area contributed by atoms with E-state index in [1.807, 2.05) is 0 Å². The molecule has 1 unspecified atom stereocenters. The van der Waals surface area contributed by atoms with Gasteiger partial charge in [-0.1, -0.05) is 12.1 Å². The number of hydrogen-bond donors (Lipinski definition) is 0. The molecule has 0 saturated heterocycles. The first kappa shape index (κ1) is 18.0. The zero-order valence-corrected chi connectivity index (χ0v) is 16.6. The Kier molecular flexibility index (Phi) is 4.92. The molecule has 1 atom stereocenters. The molecule has 1 aliphatic rings. The van der Waals surface area contributed by atoms with Crippen LogP contribution < -0.4 is 9.04 Å². The van der Waals surface area contributed by atoms with Crippen molar-refractivity contribution in [1.82, 2.24) is 0 Å². The Hall–Kier alpha value is -1.81. The Balaban J connectivity index is 2.20. The van der Waals surface area contributed by atoms with E-state index in [2.05, 4.69) is 22.6 Å². The number of methoxy groups -OCH3 is 2. The molecular weight excluding hydrogens is 457 g/mol. The first-order valence-electron chi connectivity index (χ1n) is 7.44. The molecule has 2 aromatic rings. The monoisotopic (exact) mass is 473 g/mol.